The SMILES string of the molecule is CCC(C)c1cc(C(=O)COc2ccc(C)cc2-n2nc3ccccc3n2)cc(C(C)CC)c1O. The number of ketones is 1. The third-order valence-electron chi connectivity index (χ3n) is 6.75. The van der Waals surface area contributed by atoms with E-state index in [0.717, 1.165) is 40.6 Å². The molecule has 6 heteroatoms. The van der Waals surface area contributed by atoms with Crippen LogP contribution in [0.2, 0.25) is 0 Å². The molecule has 4 aromatic rings. The molecule has 0 radical (unpaired) electrons. The molecule has 0 spiro atoms. The molecule has 6 nitrogen and oxygen atoms in total. The van der Waals surface area contributed by atoms with Crippen molar-refractivity contribution in [1.82, 2.24) is 15.0 Å². The molecule has 2 unspecified atom stereocenters. The Hall–Kier alpha value is -3.67. The van der Waals surface area contributed by atoms with Gasteiger partial charge in [-0.05, 0) is 84.7 Å². The molecule has 4 rings (SSSR count). The van der Waals surface area contributed by atoms with Crippen LogP contribution in [0, 0.1) is 6.92 Å². The van der Waals surface area contributed by atoms with Crippen LogP contribution < -0.4 is 4.74 Å². The Morgan fingerprint density at radius 1 is 0.943 bits per heavy atom. The van der Waals surface area contributed by atoms with Gasteiger partial charge in [0.05, 0.1) is 0 Å². The predicted molar refractivity (Wildman–Crippen MR) is 139 cm³/mol. The van der Waals surface area contributed by atoms with E-state index in [1.54, 1.807) is 4.80 Å². The second kappa shape index (κ2) is 10.3. The van der Waals surface area contributed by atoms with E-state index < -0.39 is 0 Å². The lowest BCUT2D eigenvalue weighted by Gasteiger charge is -2.20. The first-order valence-electron chi connectivity index (χ1n) is 12.3. The topological polar surface area (TPSA) is 77.2 Å². The predicted octanol–water partition coefficient (Wildman–Crippen LogP) is 6.72. The molecule has 182 valence electrons. The van der Waals surface area contributed by atoms with E-state index in [1.165, 1.54) is 0 Å². The van der Waals surface area contributed by atoms with Gasteiger partial charge in [0, 0.05) is 5.56 Å². The molecule has 0 fully saturated rings. The number of aryl methyl sites for hydroxylation is 1. The van der Waals surface area contributed by atoms with Gasteiger partial charge in [0.1, 0.15) is 28.2 Å². The van der Waals surface area contributed by atoms with E-state index in [2.05, 4.69) is 37.9 Å². The second-order valence-corrected chi connectivity index (χ2v) is 9.28. The van der Waals surface area contributed by atoms with Crippen molar-refractivity contribution in [2.75, 3.05) is 6.61 Å². The lowest BCUT2D eigenvalue weighted by atomic mass is 9.87. The maximum Gasteiger partial charge on any atom is 0.200 e. The highest BCUT2D eigenvalue weighted by molar-refractivity contribution is 5.98. The standard InChI is InChI=1S/C29H33N3O3/c1-6-19(4)22-15-21(16-23(29(22)34)20(5)7-2)27(33)17-35-28-13-12-18(3)14-26(28)32-30-24-10-8-9-11-25(24)31-32/h8-16,19-20,34H,6-7,17H2,1-5H3. The normalized spacial score (nSPS) is 13.1. The molecule has 1 aromatic heterocycles. The fourth-order valence-corrected chi connectivity index (χ4v) is 4.13. The summed E-state index contributed by atoms with van der Waals surface area (Å²) >= 11 is 0. The molecule has 1 N–H and O–H groups in total. The first-order chi connectivity index (χ1) is 16.8. The minimum absolute atomic E-state index is 0.123. The van der Waals surface area contributed by atoms with Gasteiger partial charge in [0.2, 0.25) is 0 Å². The van der Waals surface area contributed by atoms with Gasteiger partial charge in [-0.15, -0.1) is 15.0 Å². The molecule has 0 bridgehead atoms. The van der Waals surface area contributed by atoms with E-state index in [9.17, 15) is 9.90 Å². The Morgan fingerprint density at radius 2 is 1.51 bits per heavy atom. The van der Waals surface area contributed by atoms with Crippen LogP contribution in [0.1, 0.15) is 79.4 Å². The van der Waals surface area contributed by atoms with Gasteiger partial charge < -0.3 is 9.84 Å². The van der Waals surface area contributed by atoms with Crippen LogP contribution in [-0.2, 0) is 0 Å². The maximum atomic E-state index is 13.3. The van der Waals surface area contributed by atoms with Crippen molar-refractivity contribution in [3.63, 3.8) is 0 Å². The smallest absolute Gasteiger partial charge is 0.200 e. The van der Waals surface area contributed by atoms with Crippen molar-refractivity contribution in [2.45, 2.75) is 59.3 Å². The van der Waals surface area contributed by atoms with Crippen LogP contribution in [0.3, 0.4) is 0 Å². The summed E-state index contributed by atoms with van der Waals surface area (Å²) in [5, 5.41) is 20.0. The van der Waals surface area contributed by atoms with Gasteiger partial charge >= 0.3 is 0 Å². The summed E-state index contributed by atoms with van der Waals surface area (Å²) in [6.45, 7) is 10.2. The molecule has 2 atom stereocenters. The number of carbonyl (C=O) groups excluding carboxylic acids is 1. The molecule has 0 aliphatic heterocycles. The van der Waals surface area contributed by atoms with Crippen LogP contribution in [0.4, 0.5) is 0 Å². The van der Waals surface area contributed by atoms with Crippen LogP contribution in [0.5, 0.6) is 11.5 Å². The second-order valence-electron chi connectivity index (χ2n) is 9.28. The Bertz CT molecular complexity index is 1290. The number of aromatic nitrogens is 3. The number of phenolic OH excluding ortho intramolecular Hbond substituents is 1. The highest BCUT2D eigenvalue weighted by Gasteiger charge is 2.21. The zero-order chi connectivity index (χ0) is 25.1. The zero-order valence-corrected chi connectivity index (χ0v) is 21.1. The Balaban J connectivity index is 1.64. The summed E-state index contributed by atoms with van der Waals surface area (Å²) in [6.07, 6.45) is 1.75. The third kappa shape index (κ3) is 5.06. The number of ether oxygens (including phenoxy) is 1. The van der Waals surface area contributed by atoms with E-state index in [0.29, 0.717) is 22.7 Å². The summed E-state index contributed by atoms with van der Waals surface area (Å²) in [7, 11) is 0. The van der Waals surface area contributed by atoms with Crippen molar-refractivity contribution in [3.05, 3.63) is 76.9 Å². The van der Waals surface area contributed by atoms with Gasteiger partial charge in [-0.25, -0.2) is 0 Å². The van der Waals surface area contributed by atoms with E-state index >= 15 is 0 Å². The molecular weight excluding hydrogens is 438 g/mol. The summed E-state index contributed by atoms with van der Waals surface area (Å²) in [6, 6.07) is 17.0. The summed E-state index contributed by atoms with van der Waals surface area (Å²) in [5.41, 5.74) is 5.49. The monoisotopic (exact) mass is 471 g/mol. The minimum atomic E-state index is -0.135. The number of hydrogen-bond donors (Lipinski definition) is 1. The maximum absolute atomic E-state index is 13.3. The zero-order valence-electron chi connectivity index (χ0n) is 21.1. The minimum Gasteiger partial charge on any atom is -0.507 e. The van der Waals surface area contributed by atoms with Crippen molar-refractivity contribution in [1.29, 1.82) is 0 Å². The number of rotatable bonds is 9. The Morgan fingerprint density at radius 3 is 2.06 bits per heavy atom. The largest absolute Gasteiger partial charge is 0.507 e. The summed E-state index contributed by atoms with van der Waals surface area (Å²) < 4.78 is 6.03. The Labute approximate surface area is 206 Å². The number of benzene rings is 3. The van der Waals surface area contributed by atoms with Crippen molar-refractivity contribution in [2.24, 2.45) is 0 Å². The van der Waals surface area contributed by atoms with Gasteiger partial charge in [0.15, 0.2) is 12.4 Å². The summed E-state index contributed by atoms with van der Waals surface area (Å²) in [5.74, 6) is 1.01. The quantitative estimate of drug-likeness (QED) is 0.274. The fraction of sp³-hybridized carbons (Fsp3) is 0.345. The average Bonchev–Trinajstić information content (AvgIpc) is 3.31. The van der Waals surface area contributed by atoms with Crippen molar-refractivity contribution >= 4 is 16.8 Å². The number of hydrogen-bond acceptors (Lipinski definition) is 5. The van der Waals surface area contributed by atoms with Crippen LogP contribution >= 0.6 is 0 Å². The Kier molecular flexibility index (Phi) is 7.20. The first-order valence-corrected chi connectivity index (χ1v) is 12.3. The number of aromatic hydroxyl groups is 1. The van der Waals surface area contributed by atoms with Crippen LogP contribution in [0.15, 0.2) is 54.6 Å². The molecule has 35 heavy (non-hydrogen) atoms. The third-order valence-corrected chi connectivity index (χ3v) is 6.75. The number of phenols is 1. The highest BCUT2D eigenvalue weighted by atomic mass is 16.5. The molecule has 0 aliphatic rings. The molecule has 0 saturated carbocycles. The summed E-state index contributed by atoms with van der Waals surface area (Å²) in [4.78, 5) is 14.8. The fourth-order valence-electron chi connectivity index (χ4n) is 4.13. The van der Waals surface area contributed by atoms with Crippen LogP contribution in [0.25, 0.3) is 16.7 Å². The van der Waals surface area contributed by atoms with Crippen LogP contribution in [-0.4, -0.2) is 32.5 Å². The van der Waals surface area contributed by atoms with Crippen molar-refractivity contribution < 1.29 is 14.6 Å². The first kappa shape index (κ1) is 24.5. The molecular formula is C29H33N3O3. The van der Waals surface area contributed by atoms with E-state index in [4.69, 9.17) is 4.74 Å². The average molecular weight is 472 g/mol. The number of carbonyl (C=O) groups is 1. The molecule has 0 saturated heterocycles. The molecule has 0 aliphatic carbocycles. The number of fused-ring (bicyclic) bond motifs is 1. The van der Waals surface area contributed by atoms with Gasteiger partial charge in [-0.3, -0.25) is 4.79 Å². The van der Waals surface area contributed by atoms with E-state index in [-0.39, 0.29) is 24.2 Å². The number of nitrogens with zero attached hydrogens (tertiary/aromatic N) is 3. The lowest BCUT2D eigenvalue weighted by molar-refractivity contribution is 0.0921. The van der Waals surface area contributed by atoms with E-state index in [1.807, 2.05) is 61.5 Å². The van der Waals surface area contributed by atoms with Gasteiger partial charge in [-0.2, -0.15) is 0 Å². The molecule has 3 aromatic carbocycles. The van der Waals surface area contributed by atoms with Crippen molar-refractivity contribution in [3.8, 4) is 17.2 Å². The molecule has 0 amide bonds. The van der Waals surface area contributed by atoms with Gasteiger partial charge in [-0.1, -0.05) is 45.9 Å². The lowest BCUT2D eigenvalue weighted by Crippen LogP contribution is -2.15. The van der Waals surface area contributed by atoms with Gasteiger partial charge in [0.25, 0.3) is 0 Å². The molecule has 1 heterocycles. The highest BCUT2D eigenvalue weighted by Crippen LogP contribution is 2.37. The number of Topliss-reactive ketones (excluding diaryl/α,β-unsaturated/α-hetero) is 1.